The van der Waals surface area contributed by atoms with Crippen molar-refractivity contribution in [2.75, 3.05) is 0 Å². The Morgan fingerprint density at radius 3 is 2.75 bits per heavy atom. The highest BCUT2D eigenvalue weighted by atomic mass is 32.2. The summed E-state index contributed by atoms with van der Waals surface area (Å²) in [5, 5.41) is 19.4. The van der Waals surface area contributed by atoms with E-state index in [1.807, 2.05) is 6.92 Å². The number of nitrogens with zero attached hydrogens (tertiary/aromatic N) is 3. The van der Waals surface area contributed by atoms with Crippen LogP contribution in [0.5, 0.6) is 0 Å². The van der Waals surface area contributed by atoms with Crippen molar-refractivity contribution in [1.82, 2.24) is 10.2 Å². The number of aryl methyl sites for hydroxylation is 1. The van der Waals surface area contributed by atoms with Crippen LogP contribution in [0.2, 0.25) is 0 Å². The highest BCUT2D eigenvalue weighted by Crippen LogP contribution is 2.35. The maximum atomic E-state index is 10.8. The molecular formula is C9H7N3O2S2. The summed E-state index contributed by atoms with van der Waals surface area (Å²) in [7, 11) is 0. The summed E-state index contributed by atoms with van der Waals surface area (Å²) >= 11 is 2.69. The fourth-order valence-corrected chi connectivity index (χ4v) is 2.99. The lowest BCUT2D eigenvalue weighted by molar-refractivity contribution is -0.387. The molecule has 0 aliphatic rings. The number of rotatable bonds is 3. The third-order valence-electron chi connectivity index (χ3n) is 1.77. The van der Waals surface area contributed by atoms with Crippen LogP contribution < -0.4 is 0 Å². The summed E-state index contributed by atoms with van der Waals surface area (Å²) in [6.07, 6.45) is 0. The van der Waals surface area contributed by atoms with Crippen LogP contribution in [0.3, 0.4) is 0 Å². The summed E-state index contributed by atoms with van der Waals surface area (Å²) in [4.78, 5) is 11.0. The van der Waals surface area contributed by atoms with Gasteiger partial charge in [0.25, 0.3) is 5.69 Å². The van der Waals surface area contributed by atoms with Gasteiger partial charge in [-0.15, -0.1) is 10.2 Å². The topological polar surface area (TPSA) is 68.9 Å². The molecule has 0 radical (unpaired) electrons. The summed E-state index contributed by atoms with van der Waals surface area (Å²) in [5.41, 5.74) is 0.0975. The molecule has 0 aliphatic carbocycles. The van der Waals surface area contributed by atoms with E-state index in [1.54, 1.807) is 18.2 Å². The second-order valence-electron chi connectivity index (χ2n) is 2.91. The number of nitro benzene ring substituents is 1. The monoisotopic (exact) mass is 253 g/mol. The average molecular weight is 253 g/mol. The van der Waals surface area contributed by atoms with Crippen LogP contribution in [0, 0.1) is 17.0 Å². The molecule has 0 unspecified atom stereocenters. The lowest BCUT2D eigenvalue weighted by atomic mass is 10.3. The van der Waals surface area contributed by atoms with Crippen molar-refractivity contribution in [1.29, 1.82) is 0 Å². The van der Waals surface area contributed by atoms with Crippen molar-refractivity contribution in [3.05, 3.63) is 39.4 Å². The van der Waals surface area contributed by atoms with Gasteiger partial charge in [0.1, 0.15) is 5.01 Å². The lowest BCUT2D eigenvalue weighted by Gasteiger charge is -1.98. The van der Waals surface area contributed by atoms with E-state index in [-0.39, 0.29) is 5.69 Å². The molecule has 0 bridgehead atoms. The number of hydrogen-bond acceptors (Lipinski definition) is 6. The Kier molecular flexibility index (Phi) is 3.16. The molecule has 7 heteroatoms. The highest BCUT2D eigenvalue weighted by molar-refractivity contribution is 8.01. The van der Waals surface area contributed by atoms with E-state index in [0.29, 0.717) is 9.24 Å². The first-order valence-corrected chi connectivity index (χ1v) is 6.01. The quantitative estimate of drug-likeness (QED) is 0.621. The Hall–Kier alpha value is -1.47. The summed E-state index contributed by atoms with van der Waals surface area (Å²) < 4.78 is 0.715. The molecular weight excluding hydrogens is 246 g/mol. The fraction of sp³-hybridized carbons (Fsp3) is 0.111. The van der Waals surface area contributed by atoms with Crippen LogP contribution in [0.1, 0.15) is 5.01 Å². The van der Waals surface area contributed by atoms with E-state index in [0.717, 1.165) is 5.01 Å². The maximum absolute atomic E-state index is 10.8. The Labute approximate surface area is 99.7 Å². The predicted molar refractivity (Wildman–Crippen MR) is 61.9 cm³/mol. The molecule has 1 aromatic carbocycles. The van der Waals surface area contributed by atoms with E-state index < -0.39 is 4.92 Å². The minimum absolute atomic E-state index is 0.0975. The molecule has 5 nitrogen and oxygen atoms in total. The number of benzene rings is 1. The van der Waals surface area contributed by atoms with Gasteiger partial charge in [-0.3, -0.25) is 10.1 Å². The van der Waals surface area contributed by atoms with Crippen LogP contribution in [0.4, 0.5) is 5.69 Å². The number of para-hydroxylation sites is 1. The van der Waals surface area contributed by atoms with Crippen molar-refractivity contribution < 1.29 is 4.92 Å². The molecule has 0 atom stereocenters. The number of hydrogen-bond donors (Lipinski definition) is 0. The standard InChI is InChI=1S/C9H7N3O2S2/c1-6-10-11-9(15-6)16-8-5-3-2-4-7(8)12(13)14/h2-5H,1H3. The smallest absolute Gasteiger partial charge is 0.258 e. The van der Waals surface area contributed by atoms with Gasteiger partial charge in [0, 0.05) is 6.07 Å². The molecule has 0 N–H and O–H groups in total. The van der Waals surface area contributed by atoms with E-state index >= 15 is 0 Å². The van der Waals surface area contributed by atoms with Crippen molar-refractivity contribution >= 4 is 28.8 Å². The molecule has 0 fully saturated rings. The van der Waals surface area contributed by atoms with Crippen LogP contribution in [0.25, 0.3) is 0 Å². The second kappa shape index (κ2) is 4.58. The van der Waals surface area contributed by atoms with Crippen LogP contribution in [0.15, 0.2) is 33.5 Å². The largest absolute Gasteiger partial charge is 0.283 e. The molecule has 16 heavy (non-hydrogen) atoms. The van der Waals surface area contributed by atoms with E-state index in [1.165, 1.54) is 29.2 Å². The fourth-order valence-electron chi connectivity index (χ4n) is 1.11. The molecule has 0 saturated carbocycles. The van der Waals surface area contributed by atoms with Crippen LogP contribution >= 0.6 is 23.1 Å². The molecule has 0 spiro atoms. The van der Waals surface area contributed by atoms with Gasteiger partial charge in [-0.25, -0.2) is 0 Å². The molecule has 1 aromatic heterocycles. The minimum Gasteiger partial charge on any atom is -0.258 e. The maximum Gasteiger partial charge on any atom is 0.283 e. The summed E-state index contributed by atoms with van der Waals surface area (Å²) in [6, 6.07) is 6.60. The Morgan fingerprint density at radius 2 is 2.12 bits per heavy atom. The van der Waals surface area contributed by atoms with Gasteiger partial charge in [-0.2, -0.15) is 0 Å². The van der Waals surface area contributed by atoms with Gasteiger partial charge < -0.3 is 0 Å². The minimum atomic E-state index is -0.393. The highest BCUT2D eigenvalue weighted by Gasteiger charge is 2.15. The molecule has 82 valence electrons. The van der Waals surface area contributed by atoms with Crippen molar-refractivity contribution in [3.63, 3.8) is 0 Å². The zero-order chi connectivity index (χ0) is 11.5. The van der Waals surface area contributed by atoms with Crippen LogP contribution in [-0.2, 0) is 0 Å². The first kappa shape index (κ1) is 11.0. The molecule has 2 rings (SSSR count). The van der Waals surface area contributed by atoms with Gasteiger partial charge >= 0.3 is 0 Å². The first-order chi connectivity index (χ1) is 7.66. The van der Waals surface area contributed by atoms with Gasteiger partial charge in [0.05, 0.1) is 9.82 Å². The number of aromatic nitrogens is 2. The van der Waals surface area contributed by atoms with Crippen molar-refractivity contribution in [2.45, 2.75) is 16.2 Å². The van der Waals surface area contributed by atoms with E-state index in [2.05, 4.69) is 10.2 Å². The zero-order valence-electron chi connectivity index (χ0n) is 8.28. The molecule has 0 amide bonds. The normalized spacial score (nSPS) is 10.3. The predicted octanol–water partition coefficient (Wildman–Crippen LogP) is 2.91. The number of nitro groups is 1. The molecule has 0 aliphatic heterocycles. The SMILES string of the molecule is Cc1nnc(Sc2ccccc2[N+](=O)[O-])s1. The third-order valence-corrected chi connectivity index (χ3v) is 3.72. The lowest BCUT2D eigenvalue weighted by Crippen LogP contribution is -1.89. The summed E-state index contributed by atoms with van der Waals surface area (Å²) in [5.74, 6) is 0. The first-order valence-electron chi connectivity index (χ1n) is 4.38. The Bertz CT molecular complexity index is 527. The molecule has 2 aromatic rings. The van der Waals surface area contributed by atoms with Crippen molar-refractivity contribution in [2.24, 2.45) is 0 Å². The van der Waals surface area contributed by atoms with Gasteiger partial charge in [0.15, 0.2) is 4.34 Å². The van der Waals surface area contributed by atoms with Gasteiger partial charge in [-0.1, -0.05) is 35.2 Å². The van der Waals surface area contributed by atoms with Gasteiger partial charge in [0.2, 0.25) is 0 Å². The molecule has 1 heterocycles. The third kappa shape index (κ3) is 2.37. The second-order valence-corrected chi connectivity index (χ2v) is 5.38. The summed E-state index contributed by atoms with van der Waals surface area (Å²) in [6.45, 7) is 1.85. The van der Waals surface area contributed by atoms with Crippen LogP contribution in [-0.4, -0.2) is 15.1 Å². The molecule has 0 saturated heterocycles. The Balaban J connectivity index is 2.31. The van der Waals surface area contributed by atoms with Crippen molar-refractivity contribution in [3.8, 4) is 0 Å². The Morgan fingerprint density at radius 1 is 1.38 bits per heavy atom. The van der Waals surface area contributed by atoms with E-state index in [4.69, 9.17) is 0 Å². The van der Waals surface area contributed by atoms with Gasteiger partial charge in [-0.05, 0) is 13.0 Å². The van der Waals surface area contributed by atoms with E-state index in [9.17, 15) is 10.1 Å². The zero-order valence-corrected chi connectivity index (χ0v) is 9.92. The average Bonchev–Trinajstić information content (AvgIpc) is 2.64.